The lowest BCUT2D eigenvalue weighted by Crippen LogP contribution is -2.04. The van der Waals surface area contributed by atoms with Crippen LogP contribution in [0.15, 0.2) is 64.9 Å². The summed E-state index contributed by atoms with van der Waals surface area (Å²) in [5, 5.41) is 13.2. The molecule has 0 spiro atoms. The number of carbonyl (C=O) groups excluding carboxylic acids is 1. The van der Waals surface area contributed by atoms with Crippen LogP contribution in [0.2, 0.25) is 0 Å². The third kappa shape index (κ3) is 3.54. The molecule has 1 aromatic rings. The Labute approximate surface area is 123 Å². The van der Waals surface area contributed by atoms with Crippen LogP contribution in [0.5, 0.6) is 0 Å². The number of hydrogen-bond acceptors (Lipinski definition) is 4. The van der Waals surface area contributed by atoms with Gasteiger partial charge in [0.15, 0.2) is 0 Å². The minimum absolute atomic E-state index is 0.466. The first-order valence-electron chi connectivity index (χ1n) is 6.44. The normalized spacial score (nSPS) is 18.0. The fourth-order valence-electron chi connectivity index (χ4n) is 1.93. The molecule has 0 heterocycles. The summed E-state index contributed by atoms with van der Waals surface area (Å²) >= 11 is 0. The van der Waals surface area contributed by atoms with Crippen molar-refractivity contribution in [3.63, 3.8) is 0 Å². The van der Waals surface area contributed by atoms with E-state index in [0.717, 1.165) is 16.7 Å². The van der Waals surface area contributed by atoms with Crippen molar-refractivity contribution < 1.29 is 9.63 Å². The van der Waals surface area contributed by atoms with E-state index in [1.165, 1.54) is 6.92 Å². The molecule has 4 heteroatoms. The highest BCUT2D eigenvalue weighted by Gasteiger charge is 2.11. The molecule has 21 heavy (non-hydrogen) atoms. The van der Waals surface area contributed by atoms with Gasteiger partial charge >= 0.3 is 5.97 Å². The van der Waals surface area contributed by atoms with Crippen molar-refractivity contribution >= 4 is 17.3 Å². The van der Waals surface area contributed by atoms with Crippen LogP contribution in [-0.2, 0) is 9.63 Å². The molecule has 0 radical (unpaired) electrons. The van der Waals surface area contributed by atoms with E-state index in [2.05, 4.69) is 16.1 Å². The quantitative estimate of drug-likeness (QED) is 0.473. The zero-order valence-electron chi connectivity index (χ0n) is 11.8. The number of rotatable bonds is 2. The molecule has 0 fully saturated rings. The number of allylic oxidation sites excluding steroid dienone is 6. The van der Waals surface area contributed by atoms with Gasteiger partial charge in [0.25, 0.3) is 0 Å². The Morgan fingerprint density at radius 3 is 2.52 bits per heavy atom. The molecule has 1 aliphatic carbocycles. The molecular formula is C17H14N2O2. The number of carbonyl (C=O) groups is 1. The minimum atomic E-state index is -0.466. The Morgan fingerprint density at radius 2 is 1.95 bits per heavy atom. The number of oxime groups is 1. The Morgan fingerprint density at radius 1 is 1.24 bits per heavy atom. The van der Waals surface area contributed by atoms with E-state index in [-0.39, 0.29) is 0 Å². The molecule has 2 rings (SSSR count). The number of nitriles is 1. The summed E-state index contributed by atoms with van der Waals surface area (Å²) in [4.78, 5) is 15.4. The summed E-state index contributed by atoms with van der Waals surface area (Å²) in [5.74, 6) is -0.466. The summed E-state index contributed by atoms with van der Waals surface area (Å²) in [7, 11) is 0. The van der Waals surface area contributed by atoms with Crippen molar-refractivity contribution in [3.05, 3.63) is 65.3 Å². The van der Waals surface area contributed by atoms with Gasteiger partial charge in [0.2, 0.25) is 0 Å². The first kappa shape index (κ1) is 14.5. The molecule has 0 unspecified atom stereocenters. The van der Waals surface area contributed by atoms with E-state index < -0.39 is 5.97 Å². The molecule has 0 amide bonds. The van der Waals surface area contributed by atoms with Gasteiger partial charge in [0, 0.05) is 6.92 Å². The third-order valence-corrected chi connectivity index (χ3v) is 2.93. The molecule has 0 aromatic heterocycles. The predicted molar refractivity (Wildman–Crippen MR) is 81.1 cm³/mol. The number of nitrogens with zero attached hydrogens (tertiary/aromatic N) is 2. The van der Waals surface area contributed by atoms with Crippen LogP contribution < -0.4 is 0 Å². The molecule has 0 saturated heterocycles. The van der Waals surface area contributed by atoms with Crippen LogP contribution in [0.3, 0.4) is 0 Å². The van der Waals surface area contributed by atoms with Gasteiger partial charge < -0.3 is 4.84 Å². The topological polar surface area (TPSA) is 62.4 Å². The highest BCUT2D eigenvalue weighted by atomic mass is 16.7. The Hall–Kier alpha value is -2.93. The van der Waals surface area contributed by atoms with E-state index in [0.29, 0.717) is 11.3 Å². The van der Waals surface area contributed by atoms with Crippen LogP contribution in [0, 0.1) is 11.3 Å². The maximum Gasteiger partial charge on any atom is 0.332 e. The standard InChI is InChI=1S/C17H14N2O2/c1-12-10-15(8-9-17(12)19-21-13(2)20)16(11-18)14-6-4-3-5-7-14/h3-10H,1-2H3. The highest BCUT2D eigenvalue weighted by molar-refractivity contribution is 6.10. The molecule has 0 aliphatic heterocycles. The van der Waals surface area contributed by atoms with E-state index in [4.69, 9.17) is 0 Å². The monoisotopic (exact) mass is 278 g/mol. The zero-order chi connectivity index (χ0) is 15.2. The molecule has 0 N–H and O–H groups in total. The van der Waals surface area contributed by atoms with Crippen molar-refractivity contribution in [3.8, 4) is 6.07 Å². The maximum atomic E-state index is 10.8. The third-order valence-electron chi connectivity index (χ3n) is 2.93. The predicted octanol–water partition coefficient (Wildman–Crippen LogP) is 3.40. The van der Waals surface area contributed by atoms with E-state index in [1.54, 1.807) is 12.2 Å². The molecule has 0 atom stereocenters. The Kier molecular flexibility index (Phi) is 4.47. The van der Waals surface area contributed by atoms with E-state index in [1.807, 2.05) is 43.3 Å². The number of benzene rings is 1. The van der Waals surface area contributed by atoms with Crippen LogP contribution >= 0.6 is 0 Å². The zero-order valence-corrected chi connectivity index (χ0v) is 11.8. The Bertz CT molecular complexity index is 717. The van der Waals surface area contributed by atoms with E-state index in [9.17, 15) is 10.1 Å². The molecular weight excluding hydrogens is 264 g/mol. The van der Waals surface area contributed by atoms with Crippen LogP contribution in [0.1, 0.15) is 19.4 Å². The smallest absolute Gasteiger partial charge is 0.318 e. The molecule has 4 nitrogen and oxygen atoms in total. The van der Waals surface area contributed by atoms with Crippen LogP contribution in [0.25, 0.3) is 5.57 Å². The fraction of sp³-hybridized carbons (Fsp3) is 0.118. The minimum Gasteiger partial charge on any atom is -0.318 e. The maximum absolute atomic E-state index is 10.8. The highest BCUT2D eigenvalue weighted by Crippen LogP contribution is 2.24. The summed E-state index contributed by atoms with van der Waals surface area (Å²) in [6.07, 6.45) is 5.38. The Balaban J connectivity index is 2.38. The van der Waals surface area contributed by atoms with Crippen molar-refractivity contribution in [2.24, 2.45) is 5.16 Å². The molecule has 1 aliphatic rings. The van der Waals surface area contributed by atoms with Gasteiger partial charge in [-0.25, -0.2) is 4.79 Å². The fourth-order valence-corrected chi connectivity index (χ4v) is 1.93. The van der Waals surface area contributed by atoms with Gasteiger partial charge in [-0.15, -0.1) is 0 Å². The van der Waals surface area contributed by atoms with Gasteiger partial charge in [0.05, 0.1) is 5.57 Å². The number of hydrogen-bond donors (Lipinski definition) is 0. The summed E-state index contributed by atoms with van der Waals surface area (Å²) in [6.45, 7) is 3.15. The van der Waals surface area contributed by atoms with Crippen molar-refractivity contribution in [2.45, 2.75) is 13.8 Å². The first-order chi connectivity index (χ1) is 10.1. The van der Waals surface area contributed by atoms with Gasteiger partial charge in [-0.05, 0) is 35.8 Å². The summed E-state index contributed by atoms with van der Waals surface area (Å²) in [6, 6.07) is 11.7. The molecule has 0 saturated carbocycles. The second-order valence-electron chi connectivity index (χ2n) is 4.53. The molecule has 104 valence electrons. The second-order valence-corrected chi connectivity index (χ2v) is 4.53. The SMILES string of the molecule is CC(=O)ON=C1C=CC(=C(C#N)c2ccccc2)C=C1C. The first-order valence-corrected chi connectivity index (χ1v) is 6.44. The summed E-state index contributed by atoms with van der Waals surface area (Å²) in [5.41, 5.74) is 3.67. The average Bonchev–Trinajstić information content (AvgIpc) is 2.48. The molecule has 1 aromatic carbocycles. The van der Waals surface area contributed by atoms with Crippen molar-refractivity contribution in [1.82, 2.24) is 0 Å². The van der Waals surface area contributed by atoms with E-state index >= 15 is 0 Å². The van der Waals surface area contributed by atoms with Gasteiger partial charge in [-0.3, -0.25) is 0 Å². The van der Waals surface area contributed by atoms with Gasteiger partial charge in [0.1, 0.15) is 11.8 Å². The lowest BCUT2D eigenvalue weighted by molar-refractivity contribution is -0.140. The summed E-state index contributed by atoms with van der Waals surface area (Å²) < 4.78 is 0. The van der Waals surface area contributed by atoms with Crippen LogP contribution in [-0.4, -0.2) is 11.7 Å². The van der Waals surface area contributed by atoms with Gasteiger partial charge in [-0.2, -0.15) is 5.26 Å². The lowest BCUT2D eigenvalue weighted by atomic mass is 9.94. The second kappa shape index (κ2) is 6.49. The van der Waals surface area contributed by atoms with Crippen molar-refractivity contribution in [2.75, 3.05) is 0 Å². The van der Waals surface area contributed by atoms with Gasteiger partial charge in [-0.1, -0.05) is 41.6 Å². The van der Waals surface area contributed by atoms with Crippen molar-refractivity contribution in [1.29, 1.82) is 5.26 Å². The largest absolute Gasteiger partial charge is 0.332 e. The average molecular weight is 278 g/mol. The lowest BCUT2D eigenvalue weighted by Gasteiger charge is -2.10. The molecule has 0 bridgehead atoms. The van der Waals surface area contributed by atoms with Crippen LogP contribution in [0.4, 0.5) is 0 Å².